The van der Waals surface area contributed by atoms with Gasteiger partial charge in [-0.05, 0) is 31.0 Å². The maximum atomic E-state index is 12.1. The highest BCUT2D eigenvalue weighted by atomic mass is 32.2. The molecule has 2 aromatic rings. The Bertz CT molecular complexity index is 982. The second-order valence-corrected chi connectivity index (χ2v) is 7.39. The standard InChI is InChI=1S/C16H17N3O4S/c1-9-5-6-12(24(4,21)22)10(2)14(9)19-8-11(7-17)13(18)15(19)16(20)23-3/h5-6,8H,18H2,1-4H3. The minimum Gasteiger partial charge on any atom is -0.464 e. The van der Waals surface area contributed by atoms with Gasteiger partial charge in [0.25, 0.3) is 0 Å². The summed E-state index contributed by atoms with van der Waals surface area (Å²) in [6.45, 7) is 3.42. The average molecular weight is 347 g/mol. The Balaban J connectivity index is 2.93. The summed E-state index contributed by atoms with van der Waals surface area (Å²) >= 11 is 0. The van der Waals surface area contributed by atoms with Gasteiger partial charge in [0.05, 0.1) is 28.9 Å². The summed E-state index contributed by atoms with van der Waals surface area (Å²) in [6, 6.07) is 5.07. The Morgan fingerprint density at radius 1 is 1.33 bits per heavy atom. The van der Waals surface area contributed by atoms with E-state index in [9.17, 15) is 18.5 Å². The molecular formula is C16H17N3O4S. The number of esters is 1. The van der Waals surface area contributed by atoms with E-state index in [1.165, 1.54) is 23.9 Å². The van der Waals surface area contributed by atoms with E-state index in [0.29, 0.717) is 11.3 Å². The number of aryl methyl sites for hydroxylation is 1. The maximum absolute atomic E-state index is 12.1. The first-order valence-electron chi connectivity index (χ1n) is 6.93. The zero-order valence-corrected chi connectivity index (χ0v) is 14.6. The number of sulfone groups is 1. The first kappa shape index (κ1) is 17.6. The van der Waals surface area contributed by atoms with Crippen molar-refractivity contribution in [2.45, 2.75) is 18.7 Å². The van der Waals surface area contributed by atoms with Gasteiger partial charge in [-0.2, -0.15) is 5.26 Å². The second-order valence-electron chi connectivity index (χ2n) is 5.40. The van der Waals surface area contributed by atoms with Gasteiger partial charge in [0.1, 0.15) is 6.07 Å². The molecule has 0 amide bonds. The van der Waals surface area contributed by atoms with Crippen LogP contribution in [-0.2, 0) is 14.6 Å². The van der Waals surface area contributed by atoms with Crippen LogP contribution in [0.4, 0.5) is 5.69 Å². The molecule has 0 aliphatic carbocycles. The van der Waals surface area contributed by atoms with Crippen LogP contribution in [0.3, 0.4) is 0 Å². The lowest BCUT2D eigenvalue weighted by Crippen LogP contribution is -2.14. The summed E-state index contributed by atoms with van der Waals surface area (Å²) in [7, 11) is -2.25. The number of benzene rings is 1. The van der Waals surface area contributed by atoms with Crippen LogP contribution in [0.25, 0.3) is 5.69 Å². The molecular weight excluding hydrogens is 330 g/mol. The van der Waals surface area contributed by atoms with Crippen molar-refractivity contribution in [1.82, 2.24) is 4.57 Å². The molecule has 0 saturated carbocycles. The Morgan fingerprint density at radius 2 is 1.96 bits per heavy atom. The number of nitrogens with two attached hydrogens (primary N) is 1. The summed E-state index contributed by atoms with van der Waals surface area (Å²) in [5, 5.41) is 9.19. The van der Waals surface area contributed by atoms with E-state index in [1.807, 2.05) is 6.07 Å². The summed E-state index contributed by atoms with van der Waals surface area (Å²) in [6.07, 6.45) is 2.52. The van der Waals surface area contributed by atoms with Gasteiger partial charge in [-0.1, -0.05) is 6.07 Å². The van der Waals surface area contributed by atoms with Crippen LogP contribution in [0.15, 0.2) is 23.2 Å². The topological polar surface area (TPSA) is 115 Å². The molecule has 1 heterocycles. The normalized spacial score (nSPS) is 11.1. The van der Waals surface area contributed by atoms with Gasteiger partial charge in [0.15, 0.2) is 15.5 Å². The van der Waals surface area contributed by atoms with E-state index in [-0.39, 0.29) is 21.8 Å². The number of hydrogen-bond acceptors (Lipinski definition) is 6. The predicted molar refractivity (Wildman–Crippen MR) is 88.8 cm³/mol. The quantitative estimate of drug-likeness (QED) is 0.846. The van der Waals surface area contributed by atoms with Gasteiger partial charge < -0.3 is 15.0 Å². The zero-order chi connectivity index (χ0) is 18.2. The fourth-order valence-corrected chi connectivity index (χ4v) is 3.65. The molecule has 2 N–H and O–H groups in total. The minimum absolute atomic E-state index is 0.00657. The van der Waals surface area contributed by atoms with Crippen molar-refractivity contribution in [1.29, 1.82) is 5.26 Å². The number of nitriles is 1. The number of anilines is 1. The lowest BCUT2D eigenvalue weighted by atomic mass is 10.1. The lowest BCUT2D eigenvalue weighted by Gasteiger charge is -2.16. The van der Waals surface area contributed by atoms with Crippen LogP contribution in [0, 0.1) is 25.2 Å². The highest BCUT2D eigenvalue weighted by Crippen LogP contribution is 2.31. The molecule has 0 bridgehead atoms. The molecule has 0 aliphatic heterocycles. The van der Waals surface area contributed by atoms with Gasteiger partial charge in [-0.25, -0.2) is 13.2 Å². The molecule has 0 unspecified atom stereocenters. The van der Waals surface area contributed by atoms with E-state index in [0.717, 1.165) is 11.8 Å². The summed E-state index contributed by atoms with van der Waals surface area (Å²) in [4.78, 5) is 12.3. The summed E-state index contributed by atoms with van der Waals surface area (Å²) in [5.41, 5.74) is 7.65. The molecule has 8 heteroatoms. The number of aromatic nitrogens is 1. The van der Waals surface area contributed by atoms with Crippen LogP contribution in [0.1, 0.15) is 27.2 Å². The molecule has 0 spiro atoms. The Labute approximate surface area is 140 Å². The summed E-state index contributed by atoms with van der Waals surface area (Å²) < 4.78 is 30.1. The first-order valence-corrected chi connectivity index (χ1v) is 8.82. The molecule has 0 radical (unpaired) electrons. The second kappa shape index (κ2) is 6.02. The van der Waals surface area contributed by atoms with Crippen molar-refractivity contribution < 1.29 is 17.9 Å². The fourth-order valence-electron chi connectivity index (χ4n) is 2.68. The first-order chi connectivity index (χ1) is 11.1. The number of carbonyl (C=O) groups excluding carboxylic acids is 1. The molecule has 0 aliphatic rings. The number of carbonyl (C=O) groups is 1. The van der Waals surface area contributed by atoms with Crippen molar-refractivity contribution in [2.75, 3.05) is 19.1 Å². The van der Waals surface area contributed by atoms with Crippen molar-refractivity contribution in [3.05, 3.63) is 40.7 Å². The monoisotopic (exact) mass is 347 g/mol. The highest BCUT2D eigenvalue weighted by Gasteiger charge is 2.25. The molecule has 24 heavy (non-hydrogen) atoms. The summed E-state index contributed by atoms with van der Waals surface area (Å²) in [5.74, 6) is -0.711. The van der Waals surface area contributed by atoms with E-state index in [4.69, 9.17) is 10.5 Å². The van der Waals surface area contributed by atoms with Crippen molar-refractivity contribution in [2.24, 2.45) is 0 Å². The van der Waals surface area contributed by atoms with Crippen molar-refractivity contribution >= 4 is 21.5 Å². The number of nitrogen functional groups attached to an aromatic ring is 1. The zero-order valence-electron chi connectivity index (χ0n) is 13.7. The van der Waals surface area contributed by atoms with Gasteiger partial charge in [-0.3, -0.25) is 0 Å². The van der Waals surface area contributed by atoms with E-state index in [2.05, 4.69) is 0 Å². The lowest BCUT2D eigenvalue weighted by molar-refractivity contribution is 0.0593. The Hall–Kier alpha value is -2.79. The molecule has 0 saturated heterocycles. The number of hydrogen-bond donors (Lipinski definition) is 1. The van der Waals surface area contributed by atoms with Crippen LogP contribution in [0.5, 0.6) is 0 Å². The molecule has 126 valence electrons. The van der Waals surface area contributed by atoms with E-state index in [1.54, 1.807) is 19.9 Å². The number of nitrogens with zero attached hydrogens (tertiary/aromatic N) is 2. The third-order valence-electron chi connectivity index (χ3n) is 3.77. The predicted octanol–water partition coefficient (Wildman–Crippen LogP) is 1.74. The third kappa shape index (κ3) is 2.74. The van der Waals surface area contributed by atoms with Crippen molar-refractivity contribution in [3.63, 3.8) is 0 Å². The third-order valence-corrected chi connectivity index (χ3v) is 5.01. The van der Waals surface area contributed by atoms with Crippen LogP contribution < -0.4 is 5.73 Å². The Kier molecular flexibility index (Phi) is 4.40. The molecule has 7 nitrogen and oxygen atoms in total. The largest absolute Gasteiger partial charge is 0.464 e. The smallest absolute Gasteiger partial charge is 0.357 e. The fraction of sp³-hybridized carbons (Fsp3) is 0.250. The van der Waals surface area contributed by atoms with Gasteiger partial charge in [0, 0.05) is 12.5 Å². The van der Waals surface area contributed by atoms with Gasteiger partial charge in [0.2, 0.25) is 0 Å². The molecule has 0 atom stereocenters. The number of methoxy groups -OCH3 is 1. The van der Waals surface area contributed by atoms with Crippen LogP contribution >= 0.6 is 0 Å². The molecule has 1 aromatic heterocycles. The van der Waals surface area contributed by atoms with Crippen molar-refractivity contribution in [3.8, 4) is 11.8 Å². The van der Waals surface area contributed by atoms with Gasteiger partial charge >= 0.3 is 5.97 Å². The molecule has 1 aromatic carbocycles. The van der Waals surface area contributed by atoms with Crippen LogP contribution in [-0.4, -0.2) is 32.3 Å². The van der Waals surface area contributed by atoms with E-state index < -0.39 is 15.8 Å². The Morgan fingerprint density at radius 3 is 2.46 bits per heavy atom. The number of rotatable bonds is 3. The molecule has 2 rings (SSSR count). The molecule has 0 fully saturated rings. The van der Waals surface area contributed by atoms with Gasteiger partial charge in [-0.15, -0.1) is 0 Å². The van der Waals surface area contributed by atoms with Crippen LogP contribution in [0.2, 0.25) is 0 Å². The highest BCUT2D eigenvalue weighted by molar-refractivity contribution is 7.90. The SMILES string of the molecule is COC(=O)c1c(N)c(C#N)cn1-c1c(C)ccc(S(C)(=O)=O)c1C. The number of ether oxygens (including phenoxy) is 1. The maximum Gasteiger partial charge on any atom is 0.357 e. The van der Waals surface area contributed by atoms with E-state index >= 15 is 0 Å². The average Bonchev–Trinajstić information content (AvgIpc) is 2.81. The minimum atomic E-state index is -3.45.